The fourth-order valence-electron chi connectivity index (χ4n) is 16.5. The van der Waals surface area contributed by atoms with Crippen LogP contribution in [0.15, 0.2) is 161 Å². The summed E-state index contributed by atoms with van der Waals surface area (Å²) in [5.74, 6) is -0.789. The molecule has 4 unspecified atom stereocenters. The molecule has 0 radical (unpaired) electrons. The van der Waals surface area contributed by atoms with Crippen molar-refractivity contribution in [2.45, 2.75) is 135 Å². The number of carbonyl (C=O) groups is 3. The van der Waals surface area contributed by atoms with E-state index in [1.165, 1.54) is 66.1 Å². The van der Waals surface area contributed by atoms with Gasteiger partial charge in [0, 0.05) is 160 Å². The second kappa shape index (κ2) is 33.4. The van der Waals surface area contributed by atoms with E-state index in [-0.39, 0.29) is 28.1 Å². The van der Waals surface area contributed by atoms with Gasteiger partial charge in [-0.05, 0) is 186 Å². The first-order chi connectivity index (χ1) is 54.3. The lowest BCUT2D eigenvalue weighted by Crippen LogP contribution is -2.54. The summed E-state index contributed by atoms with van der Waals surface area (Å²) in [5, 5.41) is 20.4. The summed E-state index contributed by atoms with van der Waals surface area (Å²) in [6.45, 7) is 17.1. The van der Waals surface area contributed by atoms with Gasteiger partial charge in [0.2, 0.25) is 34.1 Å². The van der Waals surface area contributed by atoms with Gasteiger partial charge in [0.25, 0.3) is 17.7 Å². The number of primary amides is 2. The second-order valence-electron chi connectivity index (χ2n) is 30.4. The minimum absolute atomic E-state index is 0.0138. The SMILES string of the molecule is CC1CN(c2cccc(Nc3ncc4c(=O)c(C(N)=O)cn(-c5ccc6c(c5)CCC6)c4n3)c2)CC(C)N1.CNC(=O)c1cn(-c2ccc3c(c2)CCC3)c2nc(Nc3cccc(N4CC(C)NC(C)C4)c3)ncc2c1=O.NC(=O)c1cn(C2CCCCC2)c2nc(Nc3ccc(CCN4CCOCC4)cc3)ncc2c1=O. The average Bonchev–Trinajstić information content (AvgIpc) is 1.02. The van der Waals surface area contributed by atoms with Crippen molar-refractivity contribution < 1.29 is 19.1 Å². The third kappa shape index (κ3) is 16.9. The zero-order valence-corrected chi connectivity index (χ0v) is 64.0. The third-order valence-electron chi connectivity index (χ3n) is 22.0. The van der Waals surface area contributed by atoms with Crippen molar-refractivity contribution in [2.75, 3.05) is 91.8 Å². The number of nitrogens with one attached hydrogen (secondary N) is 6. The van der Waals surface area contributed by atoms with E-state index in [1.807, 2.05) is 57.7 Å². The summed E-state index contributed by atoms with van der Waals surface area (Å²) in [5.41, 5.74) is 24.2. The molecule has 27 nitrogen and oxygen atoms in total. The number of anilines is 8. The quantitative estimate of drug-likeness (QED) is 0.0420. The van der Waals surface area contributed by atoms with Crippen molar-refractivity contribution in [3.05, 3.63) is 222 Å². The number of rotatable bonds is 17. The van der Waals surface area contributed by atoms with Gasteiger partial charge in [0.05, 0.1) is 29.4 Å². The number of nitrogens with two attached hydrogens (primary N) is 2. The number of hydrogen-bond donors (Lipinski definition) is 8. The Balaban J connectivity index is 0.000000133. The highest BCUT2D eigenvalue weighted by Crippen LogP contribution is 2.34. The molecule has 4 atom stereocenters. The van der Waals surface area contributed by atoms with Crippen LogP contribution in [0.25, 0.3) is 44.5 Å². The number of fused-ring (bicyclic) bond motifs is 5. The molecule has 10 N–H and O–H groups in total. The maximum absolute atomic E-state index is 13.3. The van der Waals surface area contributed by atoms with Gasteiger partial charge in [0.15, 0.2) is 11.3 Å². The van der Waals surface area contributed by atoms with Crippen LogP contribution in [-0.4, -0.2) is 156 Å². The summed E-state index contributed by atoms with van der Waals surface area (Å²) in [6, 6.07) is 38.9. The Kier molecular flexibility index (Phi) is 22.6. The highest BCUT2D eigenvalue weighted by atomic mass is 16.5. The Morgan fingerprint density at radius 3 is 1.43 bits per heavy atom. The van der Waals surface area contributed by atoms with Gasteiger partial charge in [-0.1, -0.05) is 55.7 Å². The molecule has 578 valence electrons. The minimum Gasteiger partial charge on any atom is -0.379 e. The lowest BCUT2D eigenvalue weighted by molar-refractivity contribution is 0.0384. The highest BCUT2D eigenvalue weighted by molar-refractivity contribution is 5.98. The maximum atomic E-state index is 13.3. The van der Waals surface area contributed by atoms with Crippen LogP contribution in [0.4, 0.5) is 46.3 Å². The van der Waals surface area contributed by atoms with E-state index < -0.39 is 34.0 Å². The van der Waals surface area contributed by atoms with Crippen LogP contribution < -0.4 is 69.5 Å². The summed E-state index contributed by atoms with van der Waals surface area (Å²) >= 11 is 0. The van der Waals surface area contributed by atoms with E-state index in [0.29, 0.717) is 69.7 Å². The molecule has 112 heavy (non-hydrogen) atoms. The molecule has 9 heterocycles. The lowest BCUT2D eigenvalue weighted by Gasteiger charge is -2.37. The predicted octanol–water partition coefficient (Wildman–Crippen LogP) is 9.87. The lowest BCUT2D eigenvalue weighted by atomic mass is 9.95. The number of aromatic nitrogens is 9. The van der Waals surface area contributed by atoms with Crippen LogP contribution in [0.5, 0.6) is 0 Å². The summed E-state index contributed by atoms with van der Waals surface area (Å²) in [7, 11) is 1.52. The number of nitrogens with zero attached hydrogens (tertiary/aromatic N) is 12. The van der Waals surface area contributed by atoms with Gasteiger partial charge < -0.3 is 71.6 Å². The van der Waals surface area contributed by atoms with Crippen molar-refractivity contribution in [1.82, 2.24) is 64.5 Å². The van der Waals surface area contributed by atoms with Crippen molar-refractivity contribution in [3.8, 4) is 11.4 Å². The first kappa shape index (κ1) is 75.6. The van der Waals surface area contributed by atoms with Crippen LogP contribution in [-0.2, 0) is 36.8 Å². The van der Waals surface area contributed by atoms with Crippen molar-refractivity contribution in [1.29, 1.82) is 0 Å². The number of aryl methyl sites for hydroxylation is 4. The smallest absolute Gasteiger partial charge is 0.256 e. The number of hydrogen-bond acceptors (Lipinski definition) is 21. The normalized spacial score (nSPS) is 18.4. The first-order valence-electron chi connectivity index (χ1n) is 39.1. The number of amides is 3. The molecule has 0 spiro atoms. The third-order valence-corrected chi connectivity index (χ3v) is 22.0. The van der Waals surface area contributed by atoms with Crippen LogP contribution >= 0.6 is 0 Å². The van der Waals surface area contributed by atoms with Gasteiger partial charge in [0.1, 0.15) is 22.3 Å². The van der Waals surface area contributed by atoms with E-state index in [9.17, 15) is 28.8 Å². The zero-order valence-electron chi connectivity index (χ0n) is 64.0. The van der Waals surface area contributed by atoms with Gasteiger partial charge in [-0.25, -0.2) is 15.0 Å². The average molecular weight is 1510 g/mol. The van der Waals surface area contributed by atoms with E-state index in [1.54, 1.807) is 17.0 Å². The monoisotopic (exact) mass is 1510 g/mol. The molecule has 17 rings (SSSR count). The Labute approximate surface area is 648 Å². The summed E-state index contributed by atoms with van der Waals surface area (Å²) in [6.07, 6.45) is 21.9. The maximum Gasteiger partial charge on any atom is 0.256 e. The first-order valence-corrected chi connectivity index (χ1v) is 39.1. The minimum atomic E-state index is -0.776. The van der Waals surface area contributed by atoms with Gasteiger partial charge in [-0.2, -0.15) is 15.0 Å². The molecule has 6 aromatic heterocycles. The van der Waals surface area contributed by atoms with Crippen LogP contribution in [0, 0.1) is 0 Å². The standard InChI is InChI=1S/C30H33N7O2.C29H31N7O2.C26H32N6O3/c1-18-15-36(16-19(2)33-18)23-9-5-8-22(13-23)34-30-32-14-25-27(38)26(29(39)31-3)17-37(28(25)35-30)24-11-10-20-6-4-7-21(20)12-24;1-17-14-35(15-18(2)32-17)22-8-4-7-21(12-22)33-29-31-13-24-26(37)25(27(30)38)16-36(28(24)34-29)23-10-9-19-5-3-6-20(19)11-23;27-24(34)22-17-32(20-4-2-1-3-5-20)25-21(23(22)33)16-28-26(30-25)29-19-8-6-18(7-9-19)10-11-31-12-14-35-15-13-31/h5,8-14,17-19,33H,4,6-7,15-16H2,1-3H3,(H,31,39)(H,32,34,35);4,7-13,16-18,32H,3,5-6,14-15H2,1-2H3,(H2,30,38)(H,31,33,34);6-9,16-17,20H,1-5,10-15H2,(H2,27,34)(H,28,29,30). The fourth-order valence-corrected chi connectivity index (χ4v) is 16.5. The van der Waals surface area contributed by atoms with Gasteiger partial charge >= 0.3 is 0 Å². The fraction of sp³-hybridized carbons (Fsp3) is 0.365. The molecule has 1 saturated carbocycles. The summed E-state index contributed by atoms with van der Waals surface area (Å²) in [4.78, 5) is 110. The number of morpholine rings is 1. The van der Waals surface area contributed by atoms with Gasteiger partial charge in [-0.15, -0.1) is 0 Å². The van der Waals surface area contributed by atoms with Crippen molar-refractivity contribution in [3.63, 3.8) is 0 Å². The molecular weight excluding hydrogens is 1410 g/mol. The molecular formula is C85H96N20O7. The predicted molar refractivity (Wildman–Crippen MR) is 439 cm³/mol. The van der Waals surface area contributed by atoms with Crippen LogP contribution in [0.2, 0.25) is 0 Å². The van der Waals surface area contributed by atoms with E-state index in [4.69, 9.17) is 31.2 Å². The molecule has 3 aliphatic heterocycles. The van der Waals surface area contributed by atoms with E-state index in [0.717, 1.165) is 169 Å². The van der Waals surface area contributed by atoms with E-state index in [2.05, 4.69) is 150 Å². The van der Waals surface area contributed by atoms with Gasteiger partial charge in [-0.3, -0.25) is 33.7 Å². The number of pyridine rings is 3. The largest absolute Gasteiger partial charge is 0.379 e. The molecule has 3 amide bonds. The second-order valence-corrected chi connectivity index (χ2v) is 30.4. The number of ether oxygens (including phenoxy) is 1. The van der Waals surface area contributed by atoms with Crippen molar-refractivity contribution in [2.24, 2.45) is 11.5 Å². The molecule has 0 bridgehead atoms. The van der Waals surface area contributed by atoms with Crippen LogP contribution in [0.3, 0.4) is 0 Å². The zero-order chi connectivity index (χ0) is 77.7. The number of benzene rings is 5. The highest BCUT2D eigenvalue weighted by Gasteiger charge is 2.28. The molecule has 11 aromatic rings. The Bertz CT molecular complexity index is 5540. The molecule has 3 saturated heterocycles. The number of carbonyl (C=O) groups excluding carboxylic acids is 3. The van der Waals surface area contributed by atoms with Crippen molar-refractivity contribution >= 4 is 97.1 Å². The molecule has 4 fully saturated rings. The summed E-state index contributed by atoms with van der Waals surface area (Å²) < 4.78 is 11.0. The molecule has 27 heteroatoms. The Hall–Kier alpha value is -11.8. The Morgan fingerprint density at radius 1 is 0.491 bits per heavy atom. The van der Waals surface area contributed by atoms with Crippen LogP contribution in [0.1, 0.15) is 138 Å². The topological polar surface area (TPSA) is 338 Å². The van der Waals surface area contributed by atoms with E-state index >= 15 is 0 Å². The molecule has 3 aliphatic carbocycles. The molecule has 5 aromatic carbocycles. The molecule has 6 aliphatic rings. The Morgan fingerprint density at radius 2 is 0.938 bits per heavy atom. The number of piperazine rings is 2.